The maximum absolute atomic E-state index is 13.2. The molecule has 3 aromatic rings. The van der Waals surface area contributed by atoms with Crippen molar-refractivity contribution in [2.45, 2.75) is 11.7 Å². The summed E-state index contributed by atoms with van der Waals surface area (Å²) in [5.74, 6) is 0.0253. The first-order valence-electron chi connectivity index (χ1n) is 11.0. The van der Waals surface area contributed by atoms with Gasteiger partial charge >= 0.3 is 0 Å². The molecule has 1 aliphatic heterocycles. The zero-order valence-electron chi connectivity index (χ0n) is 19.0. The molecule has 2 aromatic carbocycles. The van der Waals surface area contributed by atoms with Crippen LogP contribution in [-0.4, -0.2) is 73.1 Å². The monoisotopic (exact) mass is 467 g/mol. The molecule has 1 aliphatic rings. The number of nitrogens with one attached hydrogen (secondary N) is 1. The topological polar surface area (TPSA) is 79.7 Å². The second-order valence-corrected chi connectivity index (χ2v) is 9.04. The van der Waals surface area contributed by atoms with Gasteiger partial charge < -0.3 is 15.0 Å². The minimum absolute atomic E-state index is 0.0731. The van der Waals surface area contributed by atoms with Gasteiger partial charge in [0.15, 0.2) is 5.16 Å². The van der Waals surface area contributed by atoms with E-state index in [0.29, 0.717) is 35.8 Å². The normalized spacial score (nSPS) is 14.4. The number of anilines is 2. The number of aromatic nitrogens is 2. The molecular weight excluding hydrogens is 438 g/mol. The van der Waals surface area contributed by atoms with E-state index in [9.17, 15) is 9.59 Å². The summed E-state index contributed by atoms with van der Waals surface area (Å²) in [4.78, 5) is 34.8. The molecule has 0 atom stereocenters. The molecule has 174 valence electrons. The number of fused-ring (bicyclic) bond motifs is 1. The minimum atomic E-state index is -0.139. The van der Waals surface area contributed by atoms with Crippen molar-refractivity contribution in [2.24, 2.45) is 0 Å². The number of para-hydroxylation sites is 1. The first kappa shape index (κ1) is 23.3. The van der Waals surface area contributed by atoms with Crippen LogP contribution in [0.3, 0.4) is 0 Å². The maximum Gasteiger partial charge on any atom is 0.262 e. The molecule has 8 nitrogen and oxygen atoms in total. The molecule has 0 aliphatic carbocycles. The number of morpholine rings is 1. The fourth-order valence-corrected chi connectivity index (χ4v) is 4.52. The van der Waals surface area contributed by atoms with Crippen molar-refractivity contribution in [3.63, 3.8) is 0 Å². The van der Waals surface area contributed by atoms with Crippen molar-refractivity contribution in [3.05, 3.63) is 58.9 Å². The molecule has 0 spiro atoms. The van der Waals surface area contributed by atoms with Crippen molar-refractivity contribution in [1.29, 1.82) is 0 Å². The predicted octanol–water partition coefficient (Wildman–Crippen LogP) is 2.53. The fourth-order valence-electron chi connectivity index (χ4n) is 3.69. The number of amides is 1. The lowest BCUT2D eigenvalue weighted by Gasteiger charge is -2.27. The highest BCUT2D eigenvalue weighted by Gasteiger charge is 2.16. The van der Waals surface area contributed by atoms with Gasteiger partial charge in [0.2, 0.25) is 5.91 Å². The van der Waals surface area contributed by atoms with Crippen LogP contribution in [-0.2, 0) is 16.1 Å². The van der Waals surface area contributed by atoms with E-state index in [2.05, 4.69) is 10.2 Å². The number of hydrogen-bond acceptors (Lipinski definition) is 7. The number of carbonyl (C=O) groups is 1. The Morgan fingerprint density at radius 2 is 1.82 bits per heavy atom. The van der Waals surface area contributed by atoms with Gasteiger partial charge in [-0.1, -0.05) is 23.9 Å². The first-order chi connectivity index (χ1) is 16.0. The Kier molecular flexibility index (Phi) is 7.64. The van der Waals surface area contributed by atoms with Gasteiger partial charge in [0.25, 0.3) is 5.56 Å². The molecule has 1 aromatic heterocycles. The summed E-state index contributed by atoms with van der Waals surface area (Å²) in [6.45, 7) is 4.39. The highest BCUT2D eigenvalue weighted by atomic mass is 32.2. The zero-order chi connectivity index (χ0) is 23.2. The molecule has 0 saturated carbocycles. The Balaban J connectivity index is 1.48. The van der Waals surface area contributed by atoms with E-state index in [1.807, 2.05) is 61.5 Å². The molecule has 9 heteroatoms. The number of nitrogens with zero attached hydrogens (tertiary/aromatic N) is 4. The van der Waals surface area contributed by atoms with Crippen LogP contribution in [0, 0.1) is 0 Å². The second-order valence-electron chi connectivity index (χ2n) is 8.10. The minimum Gasteiger partial charge on any atom is -0.379 e. The third-order valence-corrected chi connectivity index (χ3v) is 6.55. The van der Waals surface area contributed by atoms with Gasteiger partial charge in [-0.05, 0) is 36.4 Å². The number of hydrogen-bond donors (Lipinski definition) is 1. The Hall–Kier alpha value is -2.88. The molecule has 1 N–H and O–H groups in total. The van der Waals surface area contributed by atoms with Gasteiger partial charge in [-0.15, -0.1) is 0 Å². The molecular formula is C24H29N5O3S. The molecule has 4 rings (SSSR count). The van der Waals surface area contributed by atoms with Crippen molar-refractivity contribution in [1.82, 2.24) is 14.5 Å². The van der Waals surface area contributed by atoms with Crippen molar-refractivity contribution in [2.75, 3.05) is 62.9 Å². The summed E-state index contributed by atoms with van der Waals surface area (Å²) in [7, 11) is 3.94. The van der Waals surface area contributed by atoms with E-state index in [0.717, 1.165) is 31.0 Å². The smallest absolute Gasteiger partial charge is 0.262 e. The number of thioether (sulfide) groups is 1. The van der Waals surface area contributed by atoms with Crippen LogP contribution in [0.5, 0.6) is 0 Å². The lowest BCUT2D eigenvalue weighted by molar-refractivity contribution is -0.113. The van der Waals surface area contributed by atoms with Crippen molar-refractivity contribution >= 4 is 39.9 Å². The summed E-state index contributed by atoms with van der Waals surface area (Å²) in [6, 6.07) is 15.0. The molecule has 33 heavy (non-hydrogen) atoms. The van der Waals surface area contributed by atoms with Crippen LogP contribution in [0.2, 0.25) is 0 Å². The van der Waals surface area contributed by atoms with Gasteiger partial charge in [0.05, 0.1) is 29.9 Å². The van der Waals surface area contributed by atoms with Crippen LogP contribution in [0.25, 0.3) is 10.9 Å². The third-order valence-electron chi connectivity index (χ3n) is 5.57. The van der Waals surface area contributed by atoms with Gasteiger partial charge in [-0.3, -0.25) is 19.1 Å². The molecule has 1 fully saturated rings. The summed E-state index contributed by atoms with van der Waals surface area (Å²) in [5, 5.41) is 4.07. The van der Waals surface area contributed by atoms with E-state index < -0.39 is 0 Å². The van der Waals surface area contributed by atoms with Crippen molar-refractivity contribution in [3.8, 4) is 0 Å². The molecule has 1 amide bonds. The summed E-state index contributed by atoms with van der Waals surface area (Å²) >= 11 is 1.29. The van der Waals surface area contributed by atoms with Gasteiger partial charge in [0.1, 0.15) is 0 Å². The van der Waals surface area contributed by atoms with E-state index >= 15 is 0 Å². The van der Waals surface area contributed by atoms with E-state index in [1.165, 1.54) is 11.8 Å². The zero-order valence-corrected chi connectivity index (χ0v) is 19.8. The van der Waals surface area contributed by atoms with E-state index in [1.54, 1.807) is 10.6 Å². The van der Waals surface area contributed by atoms with Crippen LogP contribution < -0.4 is 15.8 Å². The average molecular weight is 468 g/mol. The number of rotatable bonds is 8. The SMILES string of the molecule is CN(C)c1ccc(NC(=O)CSc2nc3ccccc3c(=O)n2CCN2CCOCC2)cc1. The average Bonchev–Trinajstić information content (AvgIpc) is 2.83. The molecule has 1 saturated heterocycles. The van der Waals surface area contributed by atoms with E-state index in [4.69, 9.17) is 9.72 Å². The largest absolute Gasteiger partial charge is 0.379 e. The van der Waals surface area contributed by atoms with E-state index in [-0.39, 0.29) is 17.2 Å². The molecule has 0 radical (unpaired) electrons. The molecule has 0 unspecified atom stereocenters. The van der Waals surface area contributed by atoms with Gasteiger partial charge in [0, 0.05) is 51.6 Å². The highest BCUT2D eigenvalue weighted by molar-refractivity contribution is 7.99. The van der Waals surface area contributed by atoms with Gasteiger partial charge in [-0.2, -0.15) is 0 Å². The number of carbonyl (C=O) groups excluding carboxylic acids is 1. The maximum atomic E-state index is 13.2. The Morgan fingerprint density at radius 3 is 2.55 bits per heavy atom. The number of ether oxygens (including phenoxy) is 1. The standard InChI is InChI=1S/C24H29N5O3S/c1-27(2)19-9-7-18(8-10-19)25-22(30)17-33-24-26-21-6-4-3-5-20(21)23(31)29(24)12-11-28-13-15-32-16-14-28/h3-10H,11-17H2,1-2H3,(H,25,30). The summed E-state index contributed by atoms with van der Waals surface area (Å²) in [6.07, 6.45) is 0. The molecule has 0 bridgehead atoms. The van der Waals surface area contributed by atoms with Crippen molar-refractivity contribution < 1.29 is 9.53 Å². The van der Waals surface area contributed by atoms with Crippen LogP contribution in [0.15, 0.2) is 58.5 Å². The highest BCUT2D eigenvalue weighted by Crippen LogP contribution is 2.20. The summed E-state index contributed by atoms with van der Waals surface area (Å²) in [5.41, 5.74) is 2.37. The van der Waals surface area contributed by atoms with Gasteiger partial charge in [-0.25, -0.2) is 4.98 Å². The predicted molar refractivity (Wildman–Crippen MR) is 133 cm³/mol. The second kappa shape index (κ2) is 10.8. The lowest BCUT2D eigenvalue weighted by Crippen LogP contribution is -2.39. The fraction of sp³-hybridized carbons (Fsp3) is 0.375. The van der Waals surface area contributed by atoms with Crippen LogP contribution in [0.1, 0.15) is 0 Å². The Morgan fingerprint density at radius 1 is 1.09 bits per heavy atom. The van der Waals surface area contributed by atoms with Crippen LogP contribution in [0.4, 0.5) is 11.4 Å². The third kappa shape index (κ3) is 5.93. The lowest BCUT2D eigenvalue weighted by atomic mass is 10.2. The Bertz CT molecular complexity index is 1160. The van der Waals surface area contributed by atoms with Crippen LogP contribution >= 0.6 is 11.8 Å². The number of benzene rings is 2. The quantitative estimate of drug-likeness (QED) is 0.403. The molecule has 2 heterocycles. The Labute approximate surface area is 197 Å². The summed E-state index contributed by atoms with van der Waals surface area (Å²) < 4.78 is 7.11. The first-order valence-corrected chi connectivity index (χ1v) is 12.0.